The lowest BCUT2D eigenvalue weighted by Crippen LogP contribution is -2.63. The van der Waals surface area contributed by atoms with E-state index in [9.17, 15) is 19.5 Å². The van der Waals surface area contributed by atoms with E-state index in [0.29, 0.717) is 44.9 Å². The molecule has 5 aliphatic rings. The van der Waals surface area contributed by atoms with Gasteiger partial charge >= 0.3 is 5.97 Å². The zero-order valence-electron chi connectivity index (χ0n) is 33.0. The first kappa shape index (κ1) is 39.2. The van der Waals surface area contributed by atoms with Crippen molar-refractivity contribution in [1.29, 1.82) is 0 Å². The van der Waals surface area contributed by atoms with Crippen LogP contribution in [0, 0.1) is 34.0 Å². The fourth-order valence-corrected chi connectivity index (χ4v) is 12.2. The van der Waals surface area contributed by atoms with Gasteiger partial charge < -0.3 is 29.5 Å². The molecular weight excluding hydrogens is 703 g/mol. The number of nitrogens with zero attached hydrogens (tertiary/aromatic N) is 6. The Balaban J connectivity index is 0.925. The number of aromatic nitrogens is 4. The maximum Gasteiger partial charge on any atom is 0.316 e. The number of rotatable bonds is 10. The van der Waals surface area contributed by atoms with Gasteiger partial charge in [0.2, 0.25) is 5.91 Å². The van der Waals surface area contributed by atoms with Crippen molar-refractivity contribution in [2.24, 2.45) is 34.0 Å². The van der Waals surface area contributed by atoms with Gasteiger partial charge in [-0.05, 0) is 75.7 Å². The van der Waals surface area contributed by atoms with Crippen LogP contribution in [0.2, 0.25) is 0 Å². The second-order valence-electron chi connectivity index (χ2n) is 17.6. The van der Waals surface area contributed by atoms with Crippen LogP contribution in [0.4, 0.5) is 5.82 Å². The molecule has 2 N–H and O–H groups in total. The number of ether oxygens (including phenoxy) is 1. The van der Waals surface area contributed by atoms with Crippen molar-refractivity contribution in [2.45, 2.75) is 122 Å². The van der Waals surface area contributed by atoms with E-state index in [1.807, 2.05) is 29.5 Å². The van der Waals surface area contributed by atoms with Gasteiger partial charge in [-0.1, -0.05) is 33.8 Å². The number of carbonyl (C=O) groups excluding carboxylic acids is 3. The molecule has 296 valence electrons. The van der Waals surface area contributed by atoms with Crippen LogP contribution in [0.25, 0.3) is 11.2 Å². The molecule has 5 fully saturated rings. The molecule has 2 aliphatic heterocycles. The fourth-order valence-electron chi connectivity index (χ4n) is 11.2. The van der Waals surface area contributed by atoms with Gasteiger partial charge in [0.25, 0.3) is 0 Å². The number of hydrogen-bond acceptors (Lipinski definition) is 11. The molecular formula is C41H61N7O5S. The number of nitrogens with one attached hydrogen (secondary N) is 1. The van der Waals surface area contributed by atoms with Crippen molar-refractivity contribution < 1.29 is 24.2 Å². The molecule has 4 heterocycles. The summed E-state index contributed by atoms with van der Waals surface area (Å²) in [5, 5.41) is 15.4. The van der Waals surface area contributed by atoms with E-state index in [1.165, 1.54) is 0 Å². The number of amides is 1. The number of fused-ring (bicyclic) bond motifs is 1. The van der Waals surface area contributed by atoms with Crippen molar-refractivity contribution in [3.8, 4) is 0 Å². The van der Waals surface area contributed by atoms with Gasteiger partial charge in [-0.3, -0.25) is 14.4 Å². The Bertz CT molecular complexity index is 1720. The average Bonchev–Trinajstić information content (AvgIpc) is 3.78. The smallest absolute Gasteiger partial charge is 0.316 e. The van der Waals surface area contributed by atoms with Gasteiger partial charge in [0.15, 0.2) is 17.0 Å². The molecule has 54 heavy (non-hydrogen) atoms. The largest absolute Gasteiger partial charge is 0.461 e. The summed E-state index contributed by atoms with van der Waals surface area (Å²) in [5.41, 5.74) is 0.0819. The minimum absolute atomic E-state index is 0.0566. The fraction of sp³-hybridized carbons (Fsp3) is 0.756. The molecule has 12 nitrogen and oxygen atoms in total. The van der Waals surface area contributed by atoms with Crippen LogP contribution >= 0.6 is 11.8 Å². The molecule has 8 atom stereocenters. The molecule has 3 saturated carbocycles. The highest BCUT2D eigenvalue weighted by molar-refractivity contribution is 8.00. The first-order valence-electron chi connectivity index (χ1n) is 20.4. The molecule has 7 rings (SSSR count). The van der Waals surface area contributed by atoms with E-state index in [-0.39, 0.29) is 51.8 Å². The number of thioether (sulfide) groups is 1. The zero-order valence-corrected chi connectivity index (χ0v) is 33.8. The Kier molecular flexibility index (Phi) is 11.2. The number of aliphatic hydroxyl groups excluding tert-OH is 1. The predicted molar refractivity (Wildman–Crippen MR) is 211 cm³/mol. The van der Waals surface area contributed by atoms with E-state index in [4.69, 9.17) is 4.74 Å². The second-order valence-corrected chi connectivity index (χ2v) is 18.9. The summed E-state index contributed by atoms with van der Waals surface area (Å²) in [4.78, 5) is 58.7. The number of anilines is 1. The van der Waals surface area contributed by atoms with Crippen molar-refractivity contribution in [1.82, 2.24) is 29.7 Å². The SMILES string of the molecule is C=C[C@]1(C)C[C@@H](OC(=O)CSC2CCN(C(=O)CCn3cnc4c(N5CCC(NC)CC5)ncnc43)CC2)[C@]2(C)[C@H](C)CC[C@]3(CCC(=O)[C@@H]32)[C@@H](C)[C@@H]1O. The van der Waals surface area contributed by atoms with Crippen LogP contribution in [-0.4, -0.2) is 110 Å². The Labute approximate surface area is 324 Å². The van der Waals surface area contributed by atoms with Gasteiger partial charge in [-0.2, -0.15) is 0 Å². The average molecular weight is 764 g/mol. The number of aryl methyl sites for hydroxylation is 1. The van der Waals surface area contributed by atoms with E-state index in [1.54, 1.807) is 24.4 Å². The van der Waals surface area contributed by atoms with Crippen molar-refractivity contribution in [2.75, 3.05) is 43.9 Å². The summed E-state index contributed by atoms with van der Waals surface area (Å²) in [6.45, 7) is 16.3. The standard InChI is InChI=1S/C41H61N7O5S/c1-7-39(4)22-31(40(5)26(2)8-15-41(27(3)36(39)52)16-9-30(49)35(40)41)53-33(51)23-54-29-12-19-46(20-13-29)32(50)14-21-48-25-45-34-37(43-24-44-38(34)48)47-17-10-28(42-6)11-18-47/h7,24-29,31,35-36,42,52H,1,8-23H2,2-6H3/t26-,27+,31-,35-,36+,39-,40+,41+/m1/s1. The predicted octanol–water partition coefficient (Wildman–Crippen LogP) is 5.04. The number of Topliss-reactive ketones (excluding diaryl/α,β-unsaturated/α-hetero) is 1. The number of hydrogen-bond donors (Lipinski definition) is 2. The van der Waals surface area contributed by atoms with Crippen LogP contribution in [0.3, 0.4) is 0 Å². The van der Waals surface area contributed by atoms with E-state index in [2.05, 4.69) is 52.5 Å². The molecule has 1 amide bonds. The summed E-state index contributed by atoms with van der Waals surface area (Å²) in [7, 11) is 2.01. The molecule has 0 spiro atoms. The Hall–Kier alpha value is -3.03. The molecule has 2 aromatic heterocycles. The minimum Gasteiger partial charge on any atom is -0.461 e. The van der Waals surface area contributed by atoms with Gasteiger partial charge in [0.1, 0.15) is 18.2 Å². The second kappa shape index (κ2) is 15.5. The van der Waals surface area contributed by atoms with E-state index >= 15 is 0 Å². The molecule has 2 bridgehead atoms. The third-order valence-electron chi connectivity index (χ3n) is 15.0. The number of carbonyl (C=O) groups is 3. The number of imidazole rings is 1. The molecule has 2 saturated heterocycles. The Morgan fingerprint density at radius 1 is 1.07 bits per heavy atom. The summed E-state index contributed by atoms with van der Waals surface area (Å²) in [5.74, 6) is 1.10. The maximum atomic E-state index is 13.7. The highest BCUT2D eigenvalue weighted by Gasteiger charge is 2.68. The Morgan fingerprint density at radius 2 is 1.81 bits per heavy atom. The molecule has 0 radical (unpaired) electrons. The molecule has 0 unspecified atom stereocenters. The summed E-state index contributed by atoms with van der Waals surface area (Å²) < 4.78 is 8.42. The van der Waals surface area contributed by atoms with Crippen LogP contribution in [0.5, 0.6) is 0 Å². The topological polar surface area (TPSA) is 143 Å². The molecule has 3 aliphatic carbocycles. The normalized spacial score (nSPS) is 35.1. The quantitative estimate of drug-likeness (QED) is 0.249. The Morgan fingerprint density at radius 3 is 2.52 bits per heavy atom. The molecule has 0 aromatic carbocycles. The van der Waals surface area contributed by atoms with Gasteiger partial charge in [0.05, 0.1) is 18.2 Å². The third kappa shape index (κ3) is 6.88. The van der Waals surface area contributed by atoms with Crippen LogP contribution in [0.15, 0.2) is 25.3 Å². The van der Waals surface area contributed by atoms with Crippen molar-refractivity contribution in [3.05, 3.63) is 25.3 Å². The number of piperidine rings is 2. The molecule has 13 heteroatoms. The third-order valence-corrected chi connectivity index (χ3v) is 16.3. The summed E-state index contributed by atoms with van der Waals surface area (Å²) >= 11 is 1.61. The van der Waals surface area contributed by atoms with Crippen LogP contribution < -0.4 is 10.2 Å². The summed E-state index contributed by atoms with van der Waals surface area (Å²) in [6.07, 6.45) is 11.8. The zero-order chi connectivity index (χ0) is 38.4. The van der Waals surface area contributed by atoms with Gasteiger partial charge in [-0.25, -0.2) is 15.0 Å². The first-order valence-corrected chi connectivity index (χ1v) is 21.4. The van der Waals surface area contributed by atoms with Crippen LogP contribution in [-0.2, 0) is 25.7 Å². The van der Waals surface area contributed by atoms with Gasteiger partial charge in [0, 0.05) is 73.6 Å². The number of aliphatic hydroxyl groups is 1. The highest BCUT2D eigenvalue weighted by Crippen LogP contribution is 2.68. The number of likely N-dealkylation sites (tertiary alicyclic amines) is 1. The number of ketones is 1. The lowest BCUT2D eigenvalue weighted by atomic mass is 9.44. The lowest BCUT2D eigenvalue weighted by molar-refractivity contribution is -0.205. The van der Waals surface area contributed by atoms with Crippen molar-refractivity contribution in [3.63, 3.8) is 0 Å². The first-order chi connectivity index (χ1) is 25.8. The van der Waals surface area contributed by atoms with Crippen molar-refractivity contribution >= 4 is 46.4 Å². The lowest BCUT2D eigenvalue weighted by Gasteiger charge is -2.61. The van der Waals surface area contributed by atoms with Gasteiger partial charge in [-0.15, -0.1) is 18.3 Å². The van der Waals surface area contributed by atoms with E-state index in [0.717, 1.165) is 75.0 Å². The highest BCUT2D eigenvalue weighted by atomic mass is 32.2. The number of esters is 1. The minimum atomic E-state index is -0.678. The van der Waals surface area contributed by atoms with E-state index < -0.39 is 23.0 Å². The summed E-state index contributed by atoms with van der Waals surface area (Å²) in [6, 6.07) is 0.527. The monoisotopic (exact) mass is 763 g/mol. The maximum absolute atomic E-state index is 13.7. The van der Waals surface area contributed by atoms with Crippen LogP contribution in [0.1, 0.15) is 91.9 Å². The molecule has 2 aromatic rings.